The minimum atomic E-state index is -3.61. The van der Waals surface area contributed by atoms with Crippen molar-refractivity contribution < 1.29 is 8.42 Å². The number of aromatic nitrogens is 2. The van der Waals surface area contributed by atoms with Crippen LogP contribution >= 0.6 is 22.9 Å². The van der Waals surface area contributed by atoms with Gasteiger partial charge in [-0.2, -0.15) is 11.3 Å². The van der Waals surface area contributed by atoms with E-state index in [1.807, 2.05) is 23.8 Å². The summed E-state index contributed by atoms with van der Waals surface area (Å²) < 4.78 is 26.7. The Hall–Kier alpha value is -1.02. The van der Waals surface area contributed by atoms with Gasteiger partial charge in [-0.1, -0.05) is 0 Å². The van der Waals surface area contributed by atoms with Crippen LogP contribution in [0.1, 0.15) is 12.5 Å². The Morgan fingerprint density at radius 1 is 1.42 bits per heavy atom. The van der Waals surface area contributed by atoms with Gasteiger partial charge in [0, 0.05) is 6.04 Å². The third-order valence-corrected chi connectivity index (χ3v) is 4.86. The van der Waals surface area contributed by atoms with E-state index in [9.17, 15) is 8.42 Å². The molecule has 2 rings (SSSR count). The fourth-order valence-electron chi connectivity index (χ4n) is 1.58. The topological polar surface area (TPSA) is 72.0 Å². The van der Waals surface area contributed by atoms with Gasteiger partial charge in [0.25, 0.3) is 0 Å². The first kappa shape index (κ1) is 14.4. The highest BCUT2D eigenvalue weighted by molar-refractivity contribution is 7.89. The monoisotopic (exact) mass is 317 g/mol. The van der Waals surface area contributed by atoms with Crippen LogP contribution in [0.4, 0.5) is 0 Å². The molecule has 0 bridgehead atoms. The molecule has 1 N–H and O–H groups in total. The van der Waals surface area contributed by atoms with Crippen molar-refractivity contribution in [2.24, 2.45) is 0 Å². The average molecular weight is 318 g/mol. The SMILES string of the molecule is CC(Cc1ccsc1)NS(=O)(=O)c1cnc(Cl)nc1. The normalized spacial score (nSPS) is 13.4. The molecule has 0 saturated carbocycles. The van der Waals surface area contributed by atoms with Crippen molar-refractivity contribution >= 4 is 33.0 Å². The highest BCUT2D eigenvalue weighted by Gasteiger charge is 2.18. The summed E-state index contributed by atoms with van der Waals surface area (Å²) in [7, 11) is -3.61. The molecule has 0 spiro atoms. The highest BCUT2D eigenvalue weighted by atomic mass is 35.5. The molecule has 0 saturated heterocycles. The number of nitrogens with one attached hydrogen (secondary N) is 1. The fraction of sp³-hybridized carbons (Fsp3) is 0.273. The molecule has 5 nitrogen and oxygen atoms in total. The van der Waals surface area contributed by atoms with Crippen molar-refractivity contribution in [2.75, 3.05) is 0 Å². The summed E-state index contributed by atoms with van der Waals surface area (Å²) in [4.78, 5) is 7.34. The number of thiophene rings is 1. The van der Waals surface area contributed by atoms with E-state index in [1.165, 1.54) is 12.4 Å². The van der Waals surface area contributed by atoms with Crippen molar-refractivity contribution in [1.29, 1.82) is 0 Å². The fourth-order valence-corrected chi connectivity index (χ4v) is 3.49. The van der Waals surface area contributed by atoms with Gasteiger partial charge in [0.2, 0.25) is 15.3 Å². The van der Waals surface area contributed by atoms with Gasteiger partial charge in [-0.15, -0.1) is 0 Å². The summed E-state index contributed by atoms with van der Waals surface area (Å²) in [6.45, 7) is 1.81. The van der Waals surface area contributed by atoms with Crippen LogP contribution in [-0.2, 0) is 16.4 Å². The van der Waals surface area contributed by atoms with Gasteiger partial charge in [-0.3, -0.25) is 0 Å². The standard InChI is InChI=1S/C11H12ClN3O2S2/c1-8(4-9-2-3-18-7-9)15-19(16,17)10-5-13-11(12)14-6-10/h2-3,5-8,15H,4H2,1H3. The molecule has 0 radical (unpaired) electrons. The summed E-state index contributed by atoms with van der Waals surface area (Å²) in [5.41, 5.74) is 1.10. The van der Waals surface area contributed by atoms with Crippen LogP contribution in [-0.4, -0.2) is 24.4 Å². The summed E-state index contributed by atoms with van der Waals surface area (Å²) in [5, 5.41) is 3.98. The van der Waals surface area contributed by atoms with E-state index in [-0.39, 0.29) is 16.2 Å². The van der Waals surface area contributed by atoms with Crippen LogP contribution in [0.3, 0.4) is 0 Å². The van der Waals surface area contributed by atoms with Gasteiger partial charge in [0.05, 0.1) is 12.4 Å². The molecule has 0 fully saturated rings. The second kappa shape index (κ2) is 5.96. The molecule has 1 unspecified atom stereocenters. The highest BCUT2D eigenvalue weighted by Crippen LogP contribution is 2.12. The van der Waals surface area contributed by atoms with E-state index in [4.69, 9.17) is 11.6 Å². The molecular formula is C11H12ClN3O2S2. The van der Waals surface area contributed by atoms with Gasteiger partial charge < -0.3 is 0 Å². The molecule has 2 heterocycles. The predicted octanol–water partition coefficient (Wildman–Crippen LogP) is 2.10. The Bertz CT molecular complexity index is 626. The van der Waals surface area contributed by atoms with Crippen LogP contribution in [0, 0.1) is 0 Å². The third kappa shape index (κ3) is 3.97. The number of hydrogen-bond acceptors (Lipinski definition) is 5. The third-order valence-electron chi connectivity index (χ3n) is 2.39. The zero-order chi connectivity index (χ0) is 13.9. The Morgan fingerprint density at radius 2 is 2.11 bits per heavy atom. The second-order valence-corrected chi connectivity index (χ2v) is 6.88. The molecular weight excluding hydrogens is 306 g/mol. The average Bonchev–Trinajstić information content (AvgIpc) is 2.81. The maximum Gasteiger partial charge on any atom is 0.243 e. The summed E-state index contributed by atoms with van der Waals surface area (Å²) in [6, 6.07) is 1.76. The molecule has 0 aliphatic carbocycles. The van der Waals surface area contributed by atoms with Crippen molar-refractivity contribution in [3.63, 3.8) is 0 Å². The van der Waals surface area contributed by atoms with E-state index < -0.39 is 10.0 Å². The first-order valence-electron chi connectivity index (χ1n) is 5.48. The first-order chi connectivity index (χ1) is 8.97. The van der Waals surface area contributed by atoms with E-state index in [0.717, 1.165) is 5.56 Å². The number of hydrogen-bond donors (Lipinski definition) is 1. The minimum absolute atomic E-state index is 0.00840. The molecule has 2 aromatic rings. The van der Waals surface area contributed by atoms with Crippen molar-refractivity contribution in [3.05, 3.63) is 40.1 Å². The molecule has 0 aromatic carbocycles. The molecule has 1 atom stereocenters. The maximum absolute atomic E-state index is 12.1. The number of halogens is 1. The summed E-state index contributed by atoms with van der Waals surface area (Å²) in [6.07, 6.45) is 3.02. The molecule has 8 heteroatoms. The Labute approximate surface area is 120 Å². The molecule has 0 aliphatic rings. The first-order valence-corrected chi connectivity index (χ1v) is 8.29. The number of rotatable bonds is 5. The van der Waals surface area contributed by atoms with Gasteiger partial charge in [0.15, 0.2) is 0 Å². The Morgan fingerprint density at radius 3 is 2.68 bits per heavy atom. The molecule has 0 amide bonds. The Kier molecular flexibility index (Phi) is 4.51. The van der Waals surface area contributed by atoms with Crippen LogP contribution < -0.4 is 4.72 Å². The smallest absolute Gasteiger partial charge is 0.225 e. The van der Waals surface area contributed by atoms with Gasteiger partial charge in [0.1, 0.15) is 4.90 Å². The van der Waals surface area contributed by atoms with Crippen molar-refractivity contribution in [2.45, 2.75) is 24.3 Å². The lowest BCUT2D eigenvalue weighted by Gasteiger charge is -2.13. The summed E-state index contributed by atoms with van der Waals surface area (Å²) in [5.74, 6) is 0. The van der Waals surface area contributed by atoms with Gasteiger partial charge in [-0.25, -0.2) is 23.1 Å². The van der Waals surface area contributed by atoms with Gasteiger partial charge in [-0.05, 0) is 47.3 Å². The molecule has 2 aromatic heterocycles. The number of nitrogens with zero attached hydrogens (tertiary/aromatic N) is 2. The second-order valence-electron chi connectivity index (χ2n) is 4.05. The quantitative estimate of drug-likeness (QED) is 0.857. The van der Waals surface area contributed by atoms with Crippen molar-refractivity contribution in [1.82, 2.24) is 14.7 Å². The predicted molar refractivity (Wildman–Crippen MR) is 74.8 cm³/mol. The van der Waals surface area contributed by atoms with E-state index in [0.29, 0.717) is 6.42 Å². The van der Waals surface area contributed by atoms with Crippen LogP contribution in [0.15, 0.2) is 34.1 Å². The lowest BCUT2D eigenvalue weighted by atomic mass is 10.1. The van der Waals surface area contributed by atoms with Crippen LogP contribution in [0.25, 0.3) is 0 Å². The van der Waals surface area contributed by atoms with E-state index in [1.54, 1.807) is 11.3 Å². The lowest BCUT2D eigenvalue weighted by Crippen LogP contribution is -2.34. The summed E-state index contributed by atoms with van der Waals surface area (Å²) >= 11 is 7.11. The van der Waals surface area contributed by atoms with Crippen LogP contribution in [0.5, 0.6) is 0 Å². The van der Waals surface area contributed by atoms with Crippen molar-refractivity contribution in [3.8, 4) is 0 Å². The molecule has 102 valence electrons. The lowest BCUT2D eigenvalue weighted by molar-refractivity contribution is 0.559. The van der Waals surface area contributed by atoms with E-state index >= 15 is 0 Å². The largest absolute Gasteiger partial charge is 0.243 e. The van der Waals surface area contributed by atoms with Gasteiger partial charge >= 0.3 is 0 Å². The minimum Gasteiger partial charge on any atom is -0.225 e. The molecule has 19 heavy (non-hydrogen) atoms. The maximum atomic E-state index is 12.1. The zero-order valence-electron chi connectivity index (χ0n) is 10.1. The zero-order valence-corrected chi connectivity index (χ0v) is 12.5. The van der Waals surface area contributed by atoms with Crippen LogP contribution in [0.2, 0.25) is 5.28 Å². The molecule has 0 aliphatic heterocycles. The van der Waals surface area contributed by atoms with E-state index in [2.05, 4.69) is 14.7 Å². The number of sulfonamides is 1. The Balaban J connectivity index is 2.06.